The van der Waals surface area contributed by atoms with E-state index in [0.717, 1.165) is 12.1 Å². The molecule has 0 amide bonds. The Labute approximate surface area is 74.9 Å². The number of hydrogen-bond donors (Lipinski definition) is 0. The van der Waals surface area contributed by atoms with Crippen LogP contribution in [0.2, 0.25) is 0 Å². The maximum absolute atomic E-state index is 12.1. The van der Waals surface area contributed by atoms with E-state index in [-0.39, 0.29) is 11.2 Å². The van der Waals surface area contributed by atoms with Gasteiger partial charge in [-0.1, -0.05) is 17.6 Å². The summed E-state index contributed by atoms with van der Waals surface area (Å²) < 4.78 is 41.1. The van der Waals surface area contributed by atoms with E-state index in [1.165, 1.54) is 13.2 Å². The molecular weight excluding hydrogens is 180 g/mol. The van der Waals surface area contributed by atoms with Gasteiger partial charge >= 0.3 is 6.18 Å². The number of benzene rings is 1. The maximum atomic E-state index is 12.1. The van der Waals surface area contributed by atoms with Gasteiger partial charge in [0.2, 0.25) is 0 Å². The molecule has 0 heterocycles. The normalized spacial score (nSPS) is 11.4. The molecule has 0 N–H and O–H groups in total. The van der Waals surface area contributed by atoms with Crippen LogP contribution >= 0.6 is 0 Å². The highest BCUT2D eigenvalue weighted by Gasteiger charge is 2.30. The first-order valence-corrected chi connectivity index (χ1v) is 3.46. The zero-order valence-corrected chi connectivity index (χ0v) is 6.85. The van der Waals surface area contributed by atoms with Crippen LogP contribution in [0.5, 0.6) is 5.75 Å². The van der Waals surface area contributed by atoms with Gasteiger partial charge in [0, 0.05) is 0 Å². The van der Waals surface area contributed by atoms with Gasteiger partial charge in [-0.05, 0) is 6.07 Å². The van der Waals surface area contributed by atoms with Gasteiger partial charge in [-0.25, -0.2) is 0 Å². The Morgan fingerprint density at radius 1 is 1.31 bits per heavy atom. The van der Waals surface area contributed by atoms with Crippen LogP contribution < -0.4 is 10.2 Å². The van der Waals surface area contributed by atoms with Crippen LogP contribution in [0.4, 0.5) is 13.2 Å². The number of ether oxygens (including phenoxy) is 1. The smallest absolute Gasteiger partial charge is 0.416 e. The van der Waals surface area contributed by atoms with Crippen LogP contribution in [-0.2, 0) is 6.18 Å². The molecule has 13 heavy (non-hydrogen) atoms. The second kappa shape index (κ2) is 3.32. The quantitative estimate of drug-likeness (QED) is 0.604. The summed E-state index contributed by atoms with van der Waals surface area (Å²) in [6.45, 7) is 0. The van der Waals surface area contributed by atoms with Crippen molar-refractivity contribution in [1.82, 2.24) is 0 Å². The molecule has 0 aromatic heterocycles. The summed E-state index contributed by atoms with van der Waals surface area (Å²) in [6, 6.07) is 2.95. The summed E-state index contributed by atoms with van der Waals surface area (Å²) in [4.78, 5) is 0. The van der Waals surface area contributed by atoms with Crippen molar-refractivity contribution < 1.29 is 17.9 Å². The Kier molecular flexibility index (Phi) is 2.54. The second-order valence-corrected chi connectivity index (χ2v) is 2.45. The van der Waals surface area contributed by atoms with Crippen molar-refractivity contribution in [2.24, 2.45) is 0 Å². The summed E-state index contributed by atoms with van der Waals surface area (Å²) in [5.74, 6) is 0.0369. The lowest BCUT2D eigenvalue weighted by molar-refractivity contribution is -0.137. The molecule has 0 bridgehead atoms. The lowest BCUT2D eigenvalue weighted by Gasteiger charge is -2.10. The van der Waals surface area contributed by atoms with E-state index in [1.807, 2.05) is 0 Å². The monoisotopic (exact) mass is 186 g/mol. The van der Waals surface area contributed by atoms with Crippen LogP contribution in [0.25, 0.3) is 0 Å². The van der Waals surface area contributed by atoms with E-state index in [9.17, 15) is 13.2 Å². The van der Waals surface area contributed by atoms with Gasteiger partial charge in [-0.2, -0.15) is 13.2 Å². The summed E-state index contributed by atoms with van der Waals surface area (Å²) in [5.41, 5.74) is -0.575. The first kappa shape index (κ1) is 9.96. The molecule has 0 fully saturated rings. The van der Waals surface area contributed by atoms with E-state index >= 15 is 0 Å². The molecule has 5 heteroatoms. The Balaban J connectivity index is 3.14. The molecule has 1 nitrogen and oxygen atoms in total. The van der Waals surface area contributed by atoms with Gasteiger partial charge in [0.05, 0.1) is 12.7 Å². The predicted molar refractivity (Wildman–Crippen MR) is 43.4 cm³/mol. The minimum Gasteiger partial charge on any atom is -0.497 e. The van der Waals surface area contributed by atoms with Crippen molar-refractivity contribution in [3.8, 4) is 5.75 Å². The maximum Gasteiger partial charge on any atom is 0.416 e. The summed E-state index contributed by atoms with van der Waals surface area (Å²) in [7, 11) is 6.62. The average molecular weight is 186 g/mol. The zero-order chi connectivity index (χ0) is 10.1. The van der Waals surface area contributed by atoms with Gasteiger partial charge in [-0.15, -0.1) is 0 Å². The Hall–Kier alpha value is -1.13. The molecule has 0 aliphatic rings. The van der Waals surface area contributed by atoms with E-state index in [0.29, 0.717) is 0 Å². The minimum absolute atomic E-state index is 0.0369. The number of halogens is 3. The van der Waals surface area contributed by atoms with Crippen molar-refractivity contribution in [1.29, 1.82) is 0 Å². The fourth-order valence-electron chi connectivity index (χ4n) is 0.887. The van der Waals surface area contributed by atoms with Crippen LogP contribution in [0, 0.1) is 0 Å². The molecule has 0 aliphatic carbocycles. The summed E-state index contributed by atoms with van der Waals surface area (Å²) in [6.07, 6.45) is -4.36. The van der Waals surface area contributed by atoms with Crippen LogP contribution in [0.3, 0.4) is 0 Å². The topological polar surface area (TPSA) is 9.23 Å². The van der Waals surface area contributed by atoms with E-state index in [2.05, 4.69) is 4.74 Å². The summed E-state index contributed by atoms with van der Waals surface area (Å²) in [5, 5.41) is 0. The Morgan fingerprint density at radius 2 is 1.92 bits per heavy atom. The molecule has 68 valence electrons. The van der Waals surface area contributed by atoms with Crippen LogP contribution in [0.15, 0.2) is 18.2 Å². The fourth-order valence-corrected chi connectivity index (χ4v) is 0.887. The van der Waals surface area contributed by atoms with Crippen molar-refractivity contribution >= 4 is 13.3 Å². The lowest BCUT2D eigenvalue weighted by atomic mass is 9.94. The van der Waals surface area contributed by atoms with Crippen molar-refractivity contribution in [2.75, 3.05) is 7.11 Å². The van der Waals surface area contributed by atoms with Gasteiger partial charge < -0.3 is 4.74 Å². The first-order chi connectivity index (χ1) is 5.95. The van der Waals surface area contributed by atoms with Crippen LogP contribution in [0.1, 0.15) is 5.56 Å². The van der Waals surface area contributed by atoms with Gasteiger partial charge in [0.1, 0.15) is 13.6 Å². The molecule has 0 saturated heterocycles. The average Bonchev–Trinajstić information content (AvgIpc) is 2.03. The van der Waals surface area contributed by atoms with Crippen molar-refractivity contribution in [3.05, 3.63) is 23.8 Å². The molecule has 1 rings (SSSR count). The molecule has 1 aromatic rings. The first-order valence-electron chi connectivity index (χ1n) is 3.46. The van der Waals surface area contributed by atoms with Gasteiger partial charge in [0.25, 0.3) is 0 Å². The lowest BCUT2D eigenvalue weighted by Crippen LogP contribution is -2.11. The molecule has 0 spiro atoms. The molecule has 2 radical (unpaired) electrons. The highest BCUT2D eigenvalue weighted by molar-refractivity contribution is 6.34. The van der Waals surface area contributed by atoms with E-state index < -0.39 is 11.7 Å². The third kappa shape index (κ3) is 2.17. The second-order valence-electron chi connectivity index (χ2n) is 2.45. The number of methoxy groups -OCH3 is 1. The standard InChI is InChI=1S/C8H6BF3O/c1-13-7-4-5(8(10,11)12)2-3-6(7)9/h2-4H,1H3. The molecule has 0 atom stereocenters. The van der Waals surface area contributed by atoms with Gasteiger partial charge in [-0.3, -0.25) is 0 Å². The molecule has 1 aromatic carbocycles. The number of hydrogen-bond acceptors (Lipinski definition) is 1. The van der Waals surface area contributed by atoms with E-state index in [1.54, 1.807) is 0 Å². The predicted octanol–water partition coefficient (Wildman–Crippen LogP) is 1.51. The highest BCUT2D eigenvalue weighted by Crippen LogP contribution is 2.30. The fraction of sp³-hybridized carbons (Fsp3) is 0.250. The minimum atomic E-state index is -4.36. The molecule has 0 unspecified atom stereocenters. The zero-order valence-electron chi connectivity index (χ0n) is 6.85. The summed E-state index contributed by atoms with van der Waals surface area (Å²) >= 11 is 0. The Morgan fingerprint density at radius 3 is 2.38 bits per heavy atom. The largest absolute Gasteiger partial charge is 0.497 e. The van der Waals surface area contributed by atoms with E-state index in [4.69, 9.17) is 7.85 Å². The highest BCUT2D eigenvalue weighted by atomic mass is 19.4. The third-order valence-electron chi connectivity index (χ3n) is 1.56. The van der Waals surface area contributed by atoms with Crippen LogP contribution in [-0.4, -0.2) is 15.0 Å². The molecule has 0 aliphatic heterocycles. The third-order valence-corrected chi connectivity index (χ3v) is 1.56. The molecule has 0 saturated carbocycles. The van der Waals surface area contributed by atoms with Crippen molar-refractivity contribution in [2.45, 2.75) is 6.18 Å². The number of rotatable bonds is 1. The SMILES string of the molecule is [B]c1ccc(C(F)(F)F)cc1OC. The van der Waals surface area contributed by atoms with Gasteiger partial charge in [0.15, 0.2) is 0 Å². The number of alkyl halides is 3. The van der Waals surface area contributed by atoms with Crippen molar-refractivity contribution in [3.63, 3.8) is 0 Å². The molecular formula is C8H6BF3O. The Bertz CT molecular complexity index is 309.